The lowest BCUT2D eigenvalue weighted by atomic mass is 10.1. The fraction of sp³-hybridized carbons (Fsp3) is 0.375. The van der Waals surface area contributed by atoms with Crippen LogP contribution in [0.25, 0.3) is 0 Å². The van der Waals surface area contributed by atoms with Gasteiger partial charge in [-0.15, -0.1) is 11.3 Å². The molecule has 4 nitrogen and oxygen atoms in total. The third-order valence-electron chi connectivity index (χ3n) is 3.08. The molecular formula is C16H20N2O2S2. The van der Waals surface area contributed by atoms with E-state index >= 15 is 0 Å². The number of rotatable bonds is 8. The molecule has 2 unspecified atom stereocenters. The summed E-state index contributed by atoms with van der Waals surface area (Å²) in [7, 11) is 0. The van der Waals surface area contributed by atoms with Crippen molar-refractivity contribution in [2.75, 3.05) is 18.1 Å². The molecule has 0 saturated carbocycles. The van der Waals surface area contributed by atoms with Gasteiger partial charge in [-0.2, -0.15) is 11.8 Å². The van der Waals surface area contributed by atoms with Crippen molar-refractivity contribution in [3.05, 3.63) is 52.5 Å². The first-order valence-corrected chi connectivity index (χ1v) is 9.16. The van der Waals surface area contributed by atoms with Crippen LogP contribution in [0.15, 0.2) is 41.9 Å². The Kier molecular flexibility index (Phi) is 6.89. The summed E-state index contributed by atoms with van der Waals surface area (Å²) in [4.78, 5) is 16.5. The number of hydrogen-bond acceptors (Lipinski definition) is 5. The van der Waals surface area contributed by atoms with Crippen LogP contribution in [0.2, 0.25) is 0 Å². The summed E-state index contributed by atoms with van der Waals surface area (Å²) in [5, 5.41) is 14.8. The maximum atomic E-state index is 12.2. The molecule has 2 rings (SSSR count). The van der Waals surface area contributed by atoms with Crippen molar-refractivity contribution in [3.8, 4) is 0 Å². The Morgan fingerprint density at radius 2 is 2.18 bits per heavy atom. The fourth-order valence-electron chi connectivity index (χ4n) is 1.92. The molecule has 0 aliphatic heterocycles. The van der Waals surface area contributed by atoms with Crippen molar-refractivity contribution >= 4 is 29.0 Å². The van der Waals surface area contributed by atoms with Gasteiger partial charge in [0.25, 0.3) is 0 Å². The van der Waals surface area contributed by atoms with Crippen LogP contribution in [0.1, 0.15) is 23.5 Å². The van der Waals surface area contributed by atoms with Gasteiger partial charge in [-0.3, -0.25) is 4.79 Å². The number of nitrogens with one attached hydrogen (secondary N) is 1. The zero-order valence-corrected chi connectivity index (χ0v) is 14.1. The minimum atomic E-state index is -0.204. The first-order chi connectivity index (χ1) is 10.7. The highest BCUT2D eigenvalue weighted by molar-refractivity contribution is 7.99. The maximum Gasteiger partial charge on any atom is 0.230 e. The quantitative estimate of drug-likeness (QED) is 0.778. The monoisotopic (exact) mass is 336 g/mol. The third-order valence-corrected chi connectivity index (χ3v) is 5.20. The number of thioether (sulfide) groups is 1. The summed E-state index contributed by atoms with van der Waals surface area (Å²) in [6, 6.07) is 9.65. The molecule has 2 N–H and O–H groups in total. The second kappa shape index (κ2) is 8.92. The third kappa shape index (κ3) is 5.12. The van der Waals surface area contributed by atoms with E-state index in [1.54, 1.807) is 6.20 Å². The highest BCUT2D eigenvalue weighted by Gasteiger charge is 2.19. The first kappa shape index (κ1) is 17.0. The molecule has 2 aromatic rings. The van der Waals surface area contributed by atoms with E-state index in [9.17, 15) is 4.79 Å². The molecule has 22 heavy (non-hydrogen) atoms. The van der Waals surface area contributed by atoms with Crippen LogP contribution in [0, 0.1) is 5.92 Å². The van der Waals surface area contributed by atoms with E-state index in [0.717, 1.165) is 16.3 Å². The van der Waals surface area contributed by atoms with Gasteiger partial charge in [-0.1, -0.05) is 37.3 Å². The van der Waals surface area contributed by atoms with E-state index in [-0.39, 0.29) is 24.5 Å². The molecule has 0 spiro atoms. The number of aromatic nitrogens is 1. The Balaban J connectivity index is 1.97. The number of thiazole rings is 1. The number of amides is 1. The molecule has 1 aromatic heterocycles. The standard InChI is InChI=1S/C16H20N2O2S2/c1-12(9-19)10-21-11-14(20)18-15(16-17-7-8-22-16)13-5-3-2-4-6-13/h2-8,12,15,19H,9-11H2,1H3,(H,18,20). The van der Waals surface area contributed by atoms with Gasteiger partial charge >= 0.3 is 0 Å². The molecule has 0 aliphatic rings. The van der Waals surface area contributed by atoms with E-state index < -0.39 is 0 Å². The Morgan fingerprint density at radius 1 is 1.41 bits per heavy atom. The van der Waals surface area contributed by atoms with Crippen molar-refractivity contribution < 1.29 is 9.90 Å². The predicted molar refractivity (Wildman–Crippen MR) is 92.1 cm³/mol. The highest BCUT2D eigenvalue weighted by Crippen LogP contribution is 2.23. The van der Waals surface area contributed by atoms with Gasteiger partial charge in [0.1, 0.15) is 11.0 Å². The number of nitrogens with zero attached hydrogens (tertiary/aromatic N) is 1. The van der Waals surface area contributed by atoms with Gasteiger partial charge in [0.15, 0.2) is 0 Å². The largest absolute Gasteiger partial charge is 0.396 e. The summed E-state index contributed by atoms with van der Waals surface area (Å²) in [5.41, 5.74) is 1.03. The summed E-state index contributed by atoms with van der Waals surface area (Å²) in [6.07, 6.45) is 1.75. The van der Waals surface area contributed by atoms with Crippen LogP contribution in [0.4, 0.5) is 0 Å². The number of aliphatic hydroxyl groups excluding tert-OH is 1. The molecule has 0 bridgehead atoms. The van der Waals surface area contributed by atoms with E-state index in [0.29, 0.717) is 5.75 Å². The van der Waals surface area contributed by atoms with Gasteiger partial charge in [0.05, 0.1) is 5.75 Å². The van der Waals surface area contributed by atoms with Crippen molar-refractivity contribution in [3.63, 3.8) is 0 Å². The molecule has 2 atom stereocenters. The summed E-state index contributed by atoms with van der Waals surface area (Å²) in [6.45, 7) is 2.12. The minimum Gasteiger partial charge on any atom is -0.396 e. The van der Waals surface area contributed by atoms with Crippen molar-refractivity contribution in [2.24, 2.45) is 5.92 Å². The van der Waals surface area contributed by atoms with Crippen LogP contribution in [-0.2, 0) is 4.79 Å². The van der Waals surface area contributed by atoms with Gasteiger partial charge in [-0.25, -0.2) is 4.98 Å². The minimum absolute atomic E-state index is 0.0146. The number of aliphatic hydroxyl groups is 1. The zero-order chi connectivity index (χ0) is 15.8. The lowest BCUT2D eigenvalue weighted by Crippen LogP contribution is -2.30. The fourth-order valence-corrected chi connectivity index (χ4v) is 3.53. The summed E-state index contributed by atoms with van der Waals surface area (Å²) >= 11 is 3.07. The van der Waals surface area contributed by atoms with E-state index in [1.165, 1.54) is 23.1 Å². The Labute approximate surface area is 139 Å². The molecule has 0 fully saturated rings. The molecule has 0 radical (unpaired) electrons. The van der Waals surface area contributed by atoms with E-state index in [4.69, 9.17) is 5.11 Å². The number of benzene rings is 1. The zero-order valence-electron chi connectivity index (χ0n) is 12.4. The SMILES string of the molecule is CC(CO)CSCC(=O)NC(c1ccccc1)c1nccs1. The molecule has 6 heteroatoms. The Bertz CT molecular complexity index is 561. The number of carbonyl (C=O) groups excluding carboxylic acids is 1. The van der Waals surface area contributed by atoms with Crippen LogP contribution in [0.3, 0.4) is 0 Å². The molecule has 1 amide bonds. The van der Waals surface area contributed by atoms with E-state index in [2.05, 4.69) is 10.3 Å². The Morgan fingerprint density at radius 3 is 2.82 bits per heavy atom. The van der Waals surface area contributed by atoms with E-state index in [1.807, 2.05) is 42.6 Å². The van der Waals surface area contributed by atoms with Crippen molar-refractivity contribution in [2.45, 2.75) is 13.0 Å². The van der Waals surface area contributed by atoms with Gasteiger partial charge in [0, 0.05) is 18.2 Å². The molecule has 118 valence electrons. The molecule has 1 heterocycles. The summed E-state index contributed by atoms with van der Waals surface area (Å²) in [5.74, 6) is 1.36. The lowest BCUT2D eigenvalue weighted by Gasteiger charge is -2.17. The van der Waals surface area contributed by atoms with Gasteiger partial charge in [-0.05, 0) is 17.2 Å². The van der Waals surface area contributed by atoms with Crippen LogP contribution in [0.5, 0.6) is 0 Å². The molecular weight excluding hydrogens is 316 g/mol. The molecule has 1 aromatic carbocycles. The van der Waals surface area contributed by atoms with Crippen molar-refractivity contribution in [1.29, 1.82) is 0 Å². The van der Waals surface area contributed by atoms with Crippen molar-refractivity contribution in [1.82, 2.24) is 10.3 Å². The Hall–Kier alpha value is -1.37. The second-order valence-corrected chi connectivity index (χ2v) is 7.04. The number of carbonyl (C=O) groups is 1. The number of hydrogen-bond donors (Lipinski definition) is 2. The topological polar surface area (TPSA) is 62.2 Å². The molecule has 0 saturated heterocycles. The van der Waals surface area contributed by atoms with Crippen LogP contribution < -0.4 is 5.32 Å². The van der Waals surface area contributed by atoms with Crippen LogP contribution in [-0.4, -0.2) is 34.1 Å². The average Bonchev–Trinajstić information content (AvgIpc) is 3.07. The summed E-state index contributed by atoms with van der Waals surface area (Å²) < 4.78 is 0. The predicted octanol–water partition coefficient (Wildman–Crippen LogP) is 2.71. The van der Waals surface area contributed by atoms with Crippen LogP contribution >= 0.6 is 23.1 Å². The average molecular weight is 336 g/mol. The second-order valence-electron chi connectivity index (χ2n) is 5.08. The lowest BCUT2D eigenvalue weighted by molar-refractivity contribution is -0.119. The maximum absolute atomic E-state index is 12.2. The smallest absolute Gasteiger partial charge is 0.230 e. The van der Waals surface area contributed by atoms with Gasteiger partial charge < -0.3 is 10.4 Å². The molecule has 0 aliphatic carbocycles. The normalized spacial score (nSPS) is 13.5. The van der Waals surface area contributed by atoms with Gasteiger partial charge in [0.2, 0.25) is 5.91 Å². The first-order valence-electron chi connectivity index (χ1n) is 7.13. The highest BCUT2D eigenvalue weighted by atomic mass is 32.2.